The number of hydrogen-bond donors (Lipinski definition) is 1. The van der Waals surface area contributed by atoms with Gasteiger partial charge >= 0.3 is 0 Å². The predicted octanol–water partition coefficient (Wildman–Crippen LogP) is 3.93. The minimum Gasteiger partial charge on any atom is -0.453 e. The Morgan fingerprint density at radius 3 is 3.06 bits per heavy atom. The van der Waals surface area contributed by atoms with Crippen LogP contribution >= 0.6 is 11.6 Å². The lowest BCUT2D eigenvalue weighted by molar-refractivity contribution is 0.0995. The van der Waals surface area contributed by atoms with E-state index in [1.165, 1.54) is 12.8 Å². The zero-order valence-electron chi connectivity index (χ0n) is 11.0. The first-order valence-electron chi connectivity index (χ1n) is 6.89. The highest BCUT2D eigenvalue weighted by Gasteiger charge is 2.20. The van der Waals surface area contributed by atoms with Crippen molar-refractivity contribution in [1.82, 2.24) is 5.32 Å². The highest BCUT2D eigenvalue weighted by molar-refractivity contribution is 6.29. The molecule has 0 spiro atoms. The molecule has 0 radical (unpaired) electrons. The topological polar surface area (TPSA) is 34.4 Å². The Bertz CT molecular complexity index is 347. The zero-order chi connectivity index (χ0) is 12.8. The van der Waals surface area contributed by atoms with E-state index in [1.54, 1.807) is 6.26 Å². The van der Waals surface area contributed by atoms with Gasteiger partial charge < -0.3 is 14.5 Å². The Kier molecular flexibility index (Phi) is 5.54. The fourth-order valence-electron chi connectivity index (χ4n) is 2.46. The Labute approximate surface area is 114 Å². The van der Waals surface area contributed by atoms with Gasteiger partial charge in [0.2, 0.25) is 0 Å². The highest BCUT2D eigenvalue weighted by Crippen LogP contribution is 2.29. The second-order valence-electron chi connectivity index (χ2n) is 4.87. The number of hydrogen-bond acceptors (Lipinski definition) is 3. The van der Waals surface area contributed by atoms with E-state index in [1.807, 2.05) is 6.07 Å². The van der Waals surface area contributed by atoms with Gasteiger partial charge in [-0.1, -0.05) is 6.92 Å². The van der Waals surface area contributed by atoms with E-state index < -0.39 is 0 Å². The van der Waals surface area contributed by atoms with Crippen molar-refractivity contribution in [3.05, 3.63) is 23.1 Å². The predicted molar refractivity (Wildman–Crippen MR) is 73.0 cm³/mol. The molecule has 4 heteroatoms. The minimum absolute atomic E-state index is 0.278. The molecule has 2 heterocycles. The summed E-state index contributed by atoms with van der Waals surface area (Å²) in [5.41, 5.74) is 1.07. The summed E-state index contributed by atoms with van der Waals surface area (Å²) in [7, 11) is 0. The molecule has 1 fully saturated rings. The maximum atomic E-state index is 6.07. The third-order valence-corrected chi connectivity index (χ3v) is 3.77. The molecule has 0 saturated carbocycles. The van der Waals surface area contributed by atoms with Gasteiger partial charge in [0.05, 0.1) is 12.4 Å². The van der Waals surface area contributed by atoms with Gasteiger partial charge in [-0.2, -0.15) is 0 Å². The second-order valence-corrected chi connectivity index (χ2v) is 5.21. The fourth-order valence-corrected chi connectivity index (χ4v) is 2.71. The van der Waals surface area contributed by atoms with E-state index in [0.29, 0.717) is 11.3 Å². The van der Waals surface area contributed by atoms with Crippen LogP contribution in [0.5, 0.6) is 0 Å². The molecule has 1 saturated heterocycles. The van der Waals surface area contributed by atoms with Crippen LogP contribution in [0.4, 0.5) is 0 Å². The molecule has 1 N–H and O–H groups in total. The van der Waals surface area contributed by atoms with E-state index in [4.69, 9.17) is 20.8 Å². The third-order valence-electron chi connectivity index (χ3n) is 3.46. The van der Waals surface area contributed by atoms with Crippen LogP contribution in [-0.2, 0) is 4.74 Å². The van der Waals surface area contributed by atoms with Crippen molar-refractivity contribution in [3.8, 4) is 0 Å². The largest absolute Gasteiger partial charge is 0.453 e. The van der Waals surface area contributed by atoms with Gasteiger partial charge in [-0.15, -0.1) is 0 Å². The van der Waals surface area contributed by atoms with Crippen LogP contribution in [0.2, 0.25) is 5.22 Å². The van der Waals surface area contributed by atoms with Crippen molar-refractivity contribution >= 4 is 11.6 Å². The quantitative estimate of drug-likeness (QED) is 0.816. The normalized spacial score (nSPS) is 21.3. The molecule has 18 heavy (non-hydrogen) atoms. The van der Waals surface area contributed by atoms with Crippen LogP contribution in [-0.4, -0.2) is 19.3 Å². The molecule has 1 aromatic rings. The van der Waals surface area contributed by atoms with Gasteiger partial charge in [0.1, 0.15) is 0 Å². The number of furan rings is 1. The van der Waals surface area contributed by atoms with Crippen LogP contribution in [0.15, 0.2) is 16.7 Å². The van der Waals surface area contributed by atoms with Crippen molar-refractivity contribution in [2.24, 2.45) is 0 Å². The lowest BCUT2D eigenvalue weighted by atomic mass is 10.0. The number of nitrogens with one attached hydrogen (secondary N) is 1. The van der Waals surface area contributed by atoms with Crippen molar-refractivity contribution in [3.63, 3.8) is 0 Å². The molecular weight excluding hydrogens is 250 g/mol. The van der Waals surface area contributed by atoms with E-state index >= 15 is 0 Å². The minimum atomic E-state index is 0.278. The molecule has 0 aromatic carbocycles. The smallest absolute Gasteiger partial charge is 0.197 e. The lowest BCUT2D eigenvalue weighted by Gasteiger charge is -2.19. The van der Waals surface area contributed by atoms with Gasteiger partial charge in [0.15, 0.2) is 5.22 Å². The summed E-state index contributed by atoms with van der Waals surface area (Å²) >= 11 is 6.07. The molecule has 1 aliphatic rings. The van der Waals surface area contributed by atoms with Gasteiger partial charge in [0, 0.05) is 18.2 Å². The molecule has 0 amide bonds. The fraction of sp³-hybridized carbons (Fsp3) is 0.714. The van der Waals surface area contributed by atoms with E-state index in [2.05, 4.69) is 12.2 Å². The van der Waals surface area contributed by atoms with Crippen LogP contribution in [0, 0.1) is 0 Å². The van der Waals surface area contributed by atoms with Gasteiger partial charge in [-0.3, -0.25) is 0 Å². The first-order valence-corrected chi connectivity index (χ1v) is 7.27. The maximum absolute atomic E-state index is 6.07. The van der Waals surface area contributed by atoms with Crippen molar-refractivity contribution in [2.45, 2.75) is 51.2 Å². The standard InChI is InChI=1S/C14H22ClNO2/c1-2-8-16-13(12-7-10-18-14(12)15)6-5-11-4-3-9-17-11/h7,10-11,13,16H,2-6,8-9H2,1H3. The summed E-state index contributed by atoms with van der Waals surface area (Å²) in [4.78, 5) is 0. The van der Waals surface area contributed by atoms with E-state index in [0.717, 1.165) is 38.0 Å². The summed E-state index contributed by atoms with van der Waals surface area (Å²) in [6, 6.07) is 2.24. The molecule has 2 rings (SSSR count). The molecule has 2 unspecified atom stereocenters. The van der Waals surface area contributed by atoms with Crippen LogP contribution in [0.25, 0.3) is 0 Å². The van der Waals surface area contributed by atoms with Gasteiger partial charge in [-0.25, -0.2) is 0 Å². The van der Waals surface area contributed by atoms with Crippen molar-refractivity contribution in [2.75, 3.05) is 13.2 Å². The first kappa shape index (κ1) is 13.9. The Balaban J connectivity index is 1.90. The third kappa shape index (κ3) is 3.74. The summed E-state index contributed by atoms with van der Waals surface area (Å²) < 4.78 is 10.9. The molecule has 0 aliphatic carbocycles. The lowest BCUT2D eigenvalue weighted by Crippen LogP contribution is -2.23. The SMILES string of the molecule is CCCNC(CCC1CCCO1)c1ccoc1Cl. The van der Waals surface area contributed by atoms with Gasteiger partial charge in [-0.05, 0) is 56.3 Å². The Morgan fingerprint density at radius 1 is 1.56 bits per heavy atom. The highest BCUT2D eigenvalue weighted by atomic mass is 35.5. The maximum Gasteiger partial charge on any atom is 0.197 e. The monoisotopic (exact) mass is 271 g/mol. The van der Waals surface area contributed by atoms with Crippen molar-refractivity contribution < 1.29 is 9.15 Å². The molecule has 3 nitrogen and oxygen atoms in total. The summed E-state index contributed by atoms with van der Waals surface area (Å²) in [6.45, 7) is 4.09. The molecule has 1 aliphatic heterocycles. The van der Waals surface area contributed by atoms with E-state index in [9.17, 15) is 0 Å². The summed E-state index contributed by atoms with van der Waals surface area (Å²) in [6.07, 6.45) is 7.73. The summed E-state index contributed by atoms with van der Waals surface area (Å²) in [5, 5.41) is 4.05. The average molecular weight is 272 g/mol. The van der Waals surface area contributed by atoms with Crippen LogP contribution in [0.3, 0.4) is 0 Å². The Hall–Kier alpha value is -0.510. The second kappa shape index (κ2) is 7.17. The molecule has 2 atom stereocenters. The van der Waals surface area contributed by atoms with E-state index in [-0.39, 0.29) is 6.04 Å². The zero-order valence-corrected chi connectivity index (χ0v) is 11.7. The molecule has 102 valence electrons. The first-order chi connectivity index (χ1) is 8.81. The number of ether oxygens (including phenoxy) is 1. The summed E-state index contributed by atoms with van der Waals surface area (Å²) in [5.74, 6) is 0. The molecule has 0 bridgehead atoms. The Morgan fingerprint density at radius 2 is 2.44 bits per heavy atom. The number of rotatable bonds is 7. The number of halogens is 1. The van der Waals surface area contributed by atoms with Crippen LogP contribution in [0.1, 0.15) is 50.6 Å². The average Bonchev–Trinajstić information content (AvgIpc) is 3.01. The molecule has 1 aromatic heterocycles. The van der Waals surface area contributed by atoms with Crippen molar-refractivity contribution in [1.29, 1.82) is 0 Å². The van der Waals surface area contributed by atoms with Crippen LogP contribution < -0.4 is 5.32 Å². The van der Waals surface area contributed by atoms with Gasteiger partial charge in [0.25, 0.3) is 0 Å². The molecular formula is C14H22ClNO2.